The number of hydrogen-bond donors (Lipinski definition) is 2. The van der Waals surface area contributed by atoms with Crippen LogP contribution < -0.4 is 14.9 Å². The zero-order chi connectivity index (χ0) is 20.1. The minimum atomic E-state index is -3.39. The second-order valence-electron chi connectivity index (χ2n) is 7.15. The Kier molecular flexibility index (Phi) is 6.24. The summed E-state index contributed by atoms with van der Waals surface area (Å²) in [7, 11) is -3.39. The van der Waals surface area contributed by atoms with Gasteiger partial charge < -0.3 is 10.2 Å². The number of rotatable bonds is 7. The van der Waals surface area contributed by atoms with Crippen molar-refractivity contribution < 1.29 is 13.2 Å². The molecule has 1 aliphatic heterocycles. The van der Waals surface area contributed by atoms with Crippen LogP contribution in [0, 0.1) is 6.92 Å². The summed E-state index contributed by atoms with van der Waals surface area (Å²) in [6.45, 7) is 6.01. The van der Waals surface area contributed by atoms with Gasteiger partial charge in [-0.3, -0.25) is 9.52 Å². The van der Waals surface area contributed by atoms with E-state index in [1.807, 2.05) is 25.1 Å². The zero-order valence-electron chi connectivity index (χ0n) is 16.4. The van der Waals surface area contributed by atoms with E-state index in [1.165, 1.54) is 18.5 Å². The van der Waals surface area contributed by atoms with Crippen LogP contribution in [-0.2, 0) is 10.0 Å². The third kappa shape index (κ3) is 5.04. The van der Waals surface area contributed by atoms with Crippen LogP contribution in [0.15, 0.2) is 42.5 Å². The van der Waals surface area contributed by atoms with E-state index in [0.29, 0.717) is 17.7 Å². The van der Waals surface area contributed by atoms with Crippen LogP contribution in [0.2, 0.25) is 0 Å². The highest BCUT2D eigenvalue weighted by Gasteiger charge is 2.15. The van der Waals surface area contributed by atoms with Crippen LogP contribution in [0.4, 0.5) is 17.1 Å². The quantitative estimate of drug-likeness (QED) is 0.735. The van der Waals surface area contributed by atoms with Crippen molar-refractivity contribution in [3.63, 3.8) is 0 Å². The van der Waals surface area contributed by atoms with Crippen LogP contribution in [0.25, 0.3) is 0 Å². The number of nitrogens with zero attached hydrogens (tertiary/aromatic N) is 1. The van der Waals surface area contributed by atoms with Crippen LogP contribution in [0.1, 0.15) is 42.1 Å². The van der Waals surface area contributed by atoms with Crippen molar-refractivity contribution in [3.05, 3.63) is 53.6 Å². The maximum atomic E-state index is 12.6. The van der Waals surface area contributed by atoms with Gasteiger partial charge in [0.05, 0.1) is 5.75 Å². The first kappa shape index (κ1) is 20.2. The summed E-state index contributed by atoms with van der Waals surface area (Å²) >= 11 is 0. The Labute approximate surface area is 167 Å². The summed E-state index contributed by atoms with van der Waals surface area (Å²) in [6, 6.07) is 12.4. The number of aryl methyl sites for hydroxylation is 1. The minimum Gasteiger partial charge on any atom is -0.371 e. The van der Waals surface area contributed by atoms with Crippen molar-refractivity contribution in [3.8, 4) is 0 Å². The number of nitrogens with one attached hydrogen (secondary N) is 2. The Morgan fingerprint density at radius 2 is 1.82 bits per heavy atom. The Bertz CT molecular complexity index is 951. The predicted molar refractivity (Wildman–Crippen MR) is 115 cm³/mol. The van der Waals surface area contributed by atoms with E-state index < -0.39 is 10.0 Å². The molecule has 2 aromatic rings. The normalized spacial score (nSPS) is 14.1. The Morgan fingerprint density at radius 3 is 2.50 bits per heavy atom. The third-order valence-electron chi connectivity index (χ3n) is 4.77. The fraction of sp³-hybridized carbons (Fsp3) is 0.381. The summed E-state index contributed by atoms with van der Waals surface area (Å²) < 4.78 is 26.4. The van der Waals surface area contributed by atoms with Crippen molar-refractivity contribution in [1.82, 2.24) is 0 Å². The molecule has 0 saturated carbocycles. The van der Waals surface area contributed by atoms with Crippen molar-refractivity contribution in [2.24, 2.45) is 0 Å². The topological polar surface area (TPSA) is 78.5 Å². The van der Waals surface area contributed by atoms with E-state index in [0.717, 1.165) is 24.3 Å². The van der Waals surface area contributed by atoms with Gasteiger partial charge in [0.2, 0.25) is 10.0 Å². The fourth-order valence-corrected chi connectivity index (χ4v) is 4.60. The maximum absolute atomic E-state index is 12.6. The monoisotopic (exact) mass is 401 g/mol. The van der Waals surface area contributed by atoms with Gasteiger partial charge in [0.1, 0.15) is 0 Å². The number of hydrogen-bond acceptors (Lipinski definition) is 4. The molecule has 1 saturated heterocycles. The van der Waals surface area contributed by atoms with E-state index in [1.54, 1.807) is 31.2 Å². The molecular formula is C21H27N3O3S. The largest absolute Gasteiger partial charge is 0.371 e. The molecule has 0 aromatic heterocycles. The van der Waals surface area contributed by atoms with Crippen molar-refractivity contribution in [1.29, 1.82) is 0 Å². The number of benzene rings is 2. The Hall–Kier alpha value is -2.54. The number of carbonyl (C=O) groups is 1. The van der Waals surface area contributed by atoms with Crippen molar-refractivity contribution in [2.75, 3.05) is 33.8 Å². The van der Waals surface area contributed by atoms with Gasteiger partial charge in [-0.25, -0.2) is 8.42 Å². The highest BCUT2D eigenvalue weighted by molar-refractivity contribution is 7.92. The van der Waals surface area contributed by atoms with Gasteiger partial charge in [0, 0.05) is 35.7 Å². The molecule has 7 heteroatoms. The number of anilines is 3. The van der Waals surface area contributed by atoms with Gasteiger partial charge in [-0.15, -0.1) is 0 Å². The molecular weight excluding hydrogens is 374 g/mol. The second-order valence-corrected chi connectivity index (χ2v) is 8.99. The first-order valence-electron chi connectivity index (χ1n) is 9.65. The molecule has 6 nitrogen and oxygen atoms in total. The van der Waals surface area contributed by atoms with Crippen molar-refractivity contribution >= 4 is 33.0 Å². The lowest BCUT2D eigenvalue weighted by atomic mass is 10.1. The molecule has 150 valence electrons. The molecule has 3 rings (SSSR count). The predicted octanol–water partition coefficient (Wildman–Crippen LogP) is 4.00. The smallest absolute Gasteiger partial charge is 0.255 e. The summed E-state index contributed by atoms with van der Waals surface area (Å²) in [5.41, 5.74) is 3.85. The zero-order valence-corrected chi connectivity index (χ0v) is 17.2. The van der Waals surface area contributed by atoms with Gasteiger partial charge in [-0.1, -0.05) is 13.0 Å². The van der Waals surface area contributed by atoms with E-state index in [2.05, 4.69) is 14.9 Å². The van der Waals surface area contributed by atoms with Gasteiger partial charge in [0.15, 0.2) is 0 Å². The van der Waals surface area contributed by atoms with E-state index in [-0.39, 0.29) is 11.7 Å². The average Bonchev–Trinajstić information content (AvgIpc) is 3.16. The minimum absolute atomic E-state index is 0.0477. The molecule has 1 aliphatic rings. The first-order valence-corrected chi connectivity index (χ1v) is 11.3. The highest BCUT2D eigenvalue weighted by Crippen LogP contribution is 2.27. The lowest BCUT2D eigenvalue weighted by molar-refractivity contribution is 0.102. The van der Waals surface area contributed by atoms with E-state index in [4.69, 9.17) is 0 Å². The lowest BCUT2D eigenvalue weighted by Gasteiger charge is -2.20. The number of sulfonamides is 1. The van der Waals surface area contributed by atoms with E-state index in [9.17, 15) is 13.2 Å². The van der Waals surface area contributed by atoms with Crippen molar-refractivity contribution in [2.45, 2.75) is 33.1 Å². The summed E-state index contributed by atoms with van der Waals surface area (Å²) in [5.74, 6) is -0.226. The van der Waals surface area contributed by atoms with Gasteiger partial charge in [0.25, 0.3) is 5.91 Å². The van der Waals surface area contributed by atoms with Gasteiger partial charge in [-0.05, 0) is 68.1 Å². The highest BCUT2D eigenvalue weighted by atomic mass is 32.2. The van der Waals surface area contributed by atoms with Crippen LogP contribution in [0.3, 0.4) is 0 Å². The van der Waals surface area contributed by atoms with Crippen LogP contribution >= 0.6 is 0 Å². The second kappa shape index (κ2) is 8.65. The standard InChI is InChI=1S/C21H27N3O3S/c1-3-13-28(26,27)23-19-8-6-7-17(15-19)21(25)22-18-9-10-20(16(2)14-18)24-11-4-5-12-24/h6-10,14-15,23H,3-5,11-13H2,1-2H3,(H,22,25). The molecule has 1 fully saturated rings. The molecule has 0 aliphatic carbocycles. The van der Waals surface area contributed by atoms with E-state index >= 15 is 0 Å². The fourth-order valence-electron chi connectivity index (χ4n) is 3.47. The summed E-state index contributed by atoms with van der Waals surface area (Å²) in [4.78, 5) is 15.0. The molecule has 0 unspecified atom stereocenters. The molecule has 0 radical (unpaired) electrons. The Balaban J connectivity index is 1.71. The lowest BCUT2D eigenvalue weighted by Crippen LogP contribution is -2.19. The molecule has 0 atom stereocenters. The first-order chi connectivity index (χ1) is 13.4. The summed E-state index contributed by atoms with van der Waals surface area (Å²) in [5, 5.41) is 2.90. The Morgan fingerprint density at radius 1 is 1.07 bits per heavy atom. The maximum Gasteiger partial charge on any atom is 0.255 e. The van der Waals surface area contributed by atoms with Gasteiger partial charge >= 0.3 is 0 Å². The molecule has 0 spiro atoms. The molecule has 2 aromatic carbocycles. The van der Waals surface area contributed by atoms with Crippen LogP contribution in [-0.4, -0.2) is 33.2 Å². The SMILES string of the molecule is CCCS(=O)(=O)Nc1cccc(C(=O)Nc2ccc(N3CCCC3)c(C)c2)c1. The van der Waals surface area contributed by atoms with Crippen LogP contribution in [0.5, 0.6) is 0 Å². The molecule has 0 bridgehead atoms. The molecule has 28 heavy (non-hydrogen) atoms. The number of amides is 1. The third-order valence-corrected chi connectivity index (χ3v) is 6.26. The average molecular weight is 402 g/mol. The molecule has 2 N–H and O–H groups in total. The summed E-state index contributed by atoms with van der Waals surface area (Å²) in [6.07, 6.45) is 2.97. The molecule has 1 amide bonds. The van der Waals surface area contributed by atoms with Gasteiger partial charge in [-0.2, -0.15) is 0 Å². The molecule has 1 heterocycles. The number of carbonyl (C=O) groups excluding carboxylic acids is 1.